The maximum atomic E-state index is 11.1. The number of amides is 1. The minimum Gasteiger partial charge on any atom is -0.355 e. The van der Waals surface area contributed by atoms with Crippen molar-refractivity contribution in [3.8, 4) is 0 Å². The lowest BCUT2D eigenvalue weighted by Crippen LogP contribution is -2.27. The highest BCUT2D eigenvalue weighted by atomic mass is 16.2. The molecule has 0 aliphatic heterocycles. The number of hydrogen-bond acceptors (Lipinski definition) is 2. The molecule has 1 aromatic rings. The van der Waals surface area contributed by atoms with Gasteiger partial charge in [-0.25, -0.2) is 0 Å². The van der Waals surface area contributed by atoms with Gasteiger partial charge in [-0.3, -0.25) is 9.59 Å². The van der Waals surface area contributed by atoms with Crippen molar-refractivity contribution in [1.82, 2.24) is 5.32 Å². The Balaban J connectivity index is 2.22. The van der Waals surface area contributed by atoms with E-state index in [1.807, 2.05) is 30.3 Å². The first-order chi connectivity index (χ1) is 7.18. The van der Waals surface area contributed by atoms with Crippen LogP contribution in [0.15, 0.2) is 30.3 Å². The summed E-state index contributed by atoms with van der Waals surface area (Å²) in [5.74, 6) is -0.300. The van der Waals surface area contributed by atoms with E-state index in [2.05, 4.69) is 5.32 Å². The van der Waals surface area contributed by atoms with E-state index in [9.17, 15) is 9.59 Å². The van der Waals surface area contributed by atoms with Gasteiger partial charge in [0.1, 0.15) is 5.78 Å². The van der Waals surface area contributed by atoms with Crippen LogP contribution in [0.3, 0.4) is 0 Å². The SMILES string of the molecule is CC(=O)CC(=O)NCCc1ccccc1. The Labute approximate surface area is 89.5 Å². The first-order valence-corrected chi connectivity index (χ1v) is 4.98. The van der Waals surface area contributed by atoms with Crippen molar-refractivity contribution in [3.63, 3.8) is 0 Å². The van der Waals surface area contributed by atoms with Gasteiger partial charge in [-0.2, -0.15) is 0 Å². The van der Waals surface area contributed by atoms with Crippen molar-refractivity contribution in [2.75, 3.05) is 6.54 Å². The Bertz CT molecular complexity index is 333. The number of Topliss-reactive ketones (excluding diaryl/α,β-unsaturated/α-hetero) is 1. The highest BCUT2D eigenvalue weighted by Gasteiger charge is 2.03. The summed E-state index contributed by atoms with van der Waals surface area (Å²) in [7, 11) is 0. The number of benzene rings is 1. The summed E-state index contributed by atoms with van der Waals surface area (Å²) in [5, 5.41) is 2.70. The first-order valence-electron chi connectivity index (χ1n) is 4.98. The second-order valence-corrected chi connectivity index (χ2v) is 3.46. The van der Waals surface area contributed by atoms with Crippen LogP contribution in [0.25, 0.3) is 0 Å². The third kappa shape index (κ3) is 4.96. The highest BCUT2D eigenvalue weighted by Crippen LogP contribution is 1.98. The van der Waals surface area contributed by atoms with Gasteiger partial charge < -0.3 is 5.32 Å². The third-order valence-corrected chi connectivity index (χ3v) is 1.99. The largest absolute Gasteiger partial charge is 0.355 e. The molecule has 0 aliphatic carbocycles. The molecule has 1 aromatic carbocycles. The summed E-state index contributed by atoms with van der Waals surface area (Å²) in [6.45, 7) is 1.99. The van der Waals surface area contributed by atoms with Crippen molar-refractivity contribution < 1.29 is 9.59 Å². The molecule has 0 atom stereocenters. The molecule has 80 valence electrons. The Kier molecular flexibility index (Phi) is 4.54. The molecule has 0 bridgehead atoms. The van der Waals surface area contributed by atoms with Crippen LogP contribution < -0.4 is 5.32 Å². The predicted molar refractivity (Wildman–Crippen MR) is 58.5 cm³/mol. The Morgan fingerprint density at radius 2 is 1.87 bits per heavy atom. The van der Waals surface area contributed by atoms with Crippen LogP contribution in [0.2, 0.25) is 0 Å². The summed E-state index contributed by atoms with van der Waals surface area (Å²) < 4.78 is 0. The Morgan fingerprint density at radius 3 is 2.47 bits per heavy atom. The summed E-state index contributed by atoms with van der Waals surface area (Å²) >= 11 is 0. The lowest BCUT2D eigenvalue weighted by Gasteiger charge is -2.03. The summed E-state index contributed by atoms with van der Waals surface area (Å²) in [5.41, 5.74) is 1.18. The molecule has 15 heavy (non-hydrogen) atoms. The molecule has 3 nitrogen and oxygen atoms in total. The normalized spacial score (nSPS) is 9.67. The molecule has 0 fully saturated rings. The van der Waals surface area contributed by atoms with Gasteiger partial charge in [-0.05, 0) is 18.9 Å². The van der Waals surface area contributed by atoms with E-state index in [-0.39, 0.29) is 18.1 Å². The number of rotatable bonds is 5. The quantitative estimate of drug-likeness (QED) is 0.737. The van der Waals surface area contributed by atoms with E-state index in [1.54, 1.807) is 0 Å². The fourth-order valence-electron chi connectivity index (χ4n) is 1.28. The van der Waals surface area contributed by atoms with Crippen LogP contribution in [0.5, 0.6) is 0 Å². The van der Waals surface area contributed by atoms with Crippen LogP contribution >= 0.6 is 0 Å². The van der Waals surface area contributed by atoms with Crippen molar-refractivity contribution >= 4 is 11.7 Å². The number of carbonyl (C=O) groups excluding carboxylic acids is 2. The Hall–Kier alpha value is -1.64. The van der Waals surface area contributed by atoms with Crippen molar-refractivity contribution in [2.45, 2.75) is 19.8 Å². The standard InChI is InChI=1S/C12H15NO2/c1-10(14)9-12(15)13-8-7-11-5-3-2-4-6-11/h2-6H,7-9H2,1H3,(H,13,15). The second-order valence-electron chi connectivity index (χ2n) is 3.46. The first kappa shape index (κ1) is 11.4. The molecule has 0 radical (unpaired) electrons. The molecule has 0 saturated heterocycles. The molecule has 0 saturated carbocycles. The van der Waals surface area contributed by atoms with Gasteiger partial charge in [0.25, 0.3) is 0 Å². The second kappa shape index (κ2) is 5.96. The van der Waals surface area contributed by atoms with Gasteiger partial charge in [-0.15, -0.1) is 0 Å². The molecule has 0 spiro atoms. The van der Waals surface area contributed by atoms with Gasteiger partial charge in [-0.1, -0.05) is 30.3 Å². The minimum absolute atomic E-state index is 0.0191. The lowest BCUT2D eigenvalue weighted by molar-refractivity contribution is -0.127. The maximum Gasteiger partial charge on any atom is 0.227 e. The molecule has 0 unspecified atom stereocenters. The zero-order valence-corrected chi connectivity index (χ0v) is 8.82. The fourth-order valence-corrected chi connectivity index (χ4v) is 1.28. The molecular weight excluding hydrogens is 190 g/mol. The number of ketones is 1. The van der Waals surface area contributed by atoms with Crippen LogP contribution in [0.4, 0.5) is 0 Å². The molecule has 3 heteroatoms. The van der Waals surface area contributed by atoms with E-state index in [1.165, 1.54) is 12.5 Å². The Morgan fingerprint density at radius 1 is 1.20 bits per heavy atom. The molecule has 0 aliphatic rings. The third-order valence-electron chi connectivity index (χ3n) is 1.99. The van der Waals surface area contributed by atoms with E-state index < -0.39 is 0 Å². The smallest absolute Gasteiger partial charge is 0.227 e. The lowest BCUT2D eigenvalue weighted by atomic mass is 10.1. The van der Waals surface area contributed by atoms with Gasteiger partial charge in [0, 0.05) is 6.54 Å². The summed E-state index contributed by atoms with van der Waals surface area (Å²) in [4.78, 5) is 21.7. The van der Waals surface area contributed by atoms with Crippen LogP contribution in [-0.2, 0) is 16.0 Å². The van der Waals surface area contributed by atoms with Crippen molar-refractivity contribution in [1.29, 1.82) is 0 Å². The van der Waals surface area contributed by atoms with Crippen molar-refractivity contribution in [3.05, 3.63) is 35.9 Å². The van der Waals surface area contributed by atoms with Gasteiger partial charge >= 0.3 is 0 Å². The topological polar surface area (TPSA) is 46.2 Å². The number of carbonyl (C=O) groups is 2. The van der Waals surface area contributed by atoms with Crippen molar-refractivity contribution in [2.24, 2.45) is 0 Å². The van der Waals surface area contributed by atoms with E-state index in [4.69, 9.17) is 0 Å². The number of hydrogen-bond donors (Lipinski definition) is 1. The minimum atomic E-state index is -0.196. The van der Waals surface area contributed by atoms with Gasteiger partial charge in [0.15, 0.2) is 0 Å². The van der Waals surface area contributed by atoms with Crippen LogP contribution in [0.1, 0.15) is 18.9 Å². The zero-order chi connectivity index (χ0) is 11.1. The fraction of sp³-hybridized carbons (Fsp3) is 0.333. The van der Waals surface area contributed by atoms with E-state index in [0.717, 1.165) is 6.42 Å². The summed E-state index contributed by atoms with van der Waals surface area (Å²) in [6, 6.07) is 9.91. The molecule has 1 rings (SSSR count). The van der Waals surface area contributed by atoms with Gasteiger partial charge in [0.05, 0.1) is 6.42 Å². The summed E-state index contributed by atoms with van der Waals surface area (Å²) in [6.07, 6.45) is 0.777. The van der Waals surface area contributed by atoms with E-state index >= 15 is 0 Å². The molecule has 1 N–H and O–H groups in total. The monoisotopic (exact) mass is 205 g/mol. The maximum absolute atomic E-state index is 11.1. The molecule has 1 amide bonds. The average molecular weight is 205 g/mol. The molecule has 0 heterocycles. The average Bonchev–Trinajstić information content (AvgIpc) is 2.18. The zero-order valence-electron chi connectivity index (χ0n) is 8.82. The molecular formula is C12H15NO2. The van der Waals surface area contributed by atoms with Gasteiger partial charge in [0.2, 0.25) is 5.91 Å². The number of nitrogens with one attached hydrogen (secondary N) is 1. The van der Waals surface area contributed by atoms with Crippen LogP contribution in [0, 0.1) is 0 Å². The van der Waals surface area contributed by atoms with Crippen LogP contribution in [-0.4, -0.2) is 18.2 Å². The highest BCUT2D eigenvalue weighted by molar-refractivity contribution is 5.96. The molecule has 0 aromatic heterocycles. The predicted octanol–water partition coefficient (Wildman–Crippen LogP) is 1.32. The van der Waals surface area contributed by atoms with E-state index in [0.29, 0.717) is 6.54 Å².